The predicted octanol–water partition coefficient (Wildman–Crippen LogP) is 2.01. The van der Waals surface area contributed by atoms with Crippen LogP contribution in [0.5, 0.6) is 0 Å². The number of primary amides is 1. The van der Waals surface area contributed by atoms with Crippen LogP contribution >= 0.6 is 22.6 Å². The first-order chi connectivity index (χ1) is 5.54. The summed E-state index contributed by atoms with van der Waals surface area (Å²) in [6, 6.07) is 3.68. The third kappa shape index (κ3) is 1.60. The van der Waals surface area contributed by atoms with Gasteiger partial charge in [-0.2, -0.15) is 0 Å². The van der Waals surface area contributed by atoms with Crippen LogP contribution in [-0.4, -0.2) is 5.91 Å². The molecule has 0 unspecified atom stereocenters. The molecule has 2 nitrogen and oxygen atoms in total. The van der Waals surface area contributed by atoms with Gasteiger partial charge in [0.25, 0.3) is 0 Å². The summed E-state index contributed by atoms with van der Waals surface area (Å²) in [6.45, 7) is 3.90. The zero-order valence-electron chi connectivity index (χ0n) is 7.02. The topological polar surface area (TPSA) is 43.1 Å². The summed E-state index contributed by atoms with van der Waals surface area (Å²) in [7, 11) is 0. The van der Waals surface area contributed by atoms with E-state index in [2.05, 4.69) is 22.6 Å². The Morgan fingerprint density at radius 2 is 1.92 bits per heavy atom. The first-order valence-corrected chi connectivity index (χ1v) is 4.67. The molecular formula is C9H10INO. The van der Waals surface area contributed by atoms with Gasteiger partial charge in [-0.25, -0.2) is 0 Å². The lowest BCUT2D eigenvalue weighted by molar-refractivity contribution is 0.0999. The number of hydrogen-bond acceptors (Lipinski definition) is 1. The van der Waals surface area contributed by atoms with Gasteiger partial charge in [0.05, 0.1) is 0 Å². The SMILES string of the molecule is Cc1c(I)ccc(C(N)=O)c1C. The van der Waals surface area contributed by atoms with Gasteiger partial charge in [0.2, 0.25) is 5.91 Å². The summed E-state index contributed by atoms with van der Waals surface area (Å²) >= 11 is 2.24. The molecular weight excluding hydrogens is 265 g/mol. The molecule has 0 bridgehead atoms. The summed E-state index contributed by atoms with van der Waals surface area (Å²) in [5.74, 6) is -0.355. The molecule has 1 aromatic carbocycles. The number of carbonyl (C=O) groups excluding carboxylic acids is 1. The zero-order valence-corrected chi connectivity index (χ0v) is 9.18. The summed E-state index contributed by atoms with van der Waals surface area (Å²) < 4.78 is 1.16. The van der Waals surface area contributed by atoms with Crippen LogP contribution in [0.3, 0.4) is 0 Å². The molecule has 1 rings (SSSR count). The molecule has 0 fully saturated rings. The van der Waals surface area contributed by atoms with E-state index >= 15 is 0 Å². The van der Waals surface area contributed by atoms with Crippen LogP contribution in [0.15, 0.2) is 12.1 Å². The number of halogens is 1. The third-order valence-corrected chi connectivity index (χ3v) is 3.16. The predicted molar refractivity (Wildman–Crippen MR) is 57.2 cm³/mol. The number of carbonyl (C=O) groups is 1. The van der Waals surface area contributed by atoms with Crippen LogP contribution in [0.4, 0.5) is 0 Å². The van der Waals surface area contributed by atoms with Gasteiger partial charge in [-0.3, -0.25) is 4.79 Å². The molecule has 0 saturated carbocycles. The molecule has 64 valence electrons. The smallest absolute Gasteiger partial charge is 0.248 e. The number of nitrogens with two attached hydrogens (primary N) is 1. The van der Waals surface area contributed by atoms with Crippen molar-refractivity contribution >= 4 is 28.5 Å². The van der Waals surface area contributed by atoms with E-state index in [4.69, 9.17) is 5.73 Å². The first kappa shape index (κ1) is 9.51. The molecule has 0 radical (unpaired) electrons. The number of amides is 1. The molecule has 0 saturated heterocycles. The van der Waals surface area contributed by atoms with Crippen molar-refractivity contribution in [3.63, 3.8) is 0 Å². The largest absolute Gasteiger partial charge is 0.366 e. The van der Waals surface area contributed by atoms with Crippen LogP contribution in [0.2, 0.25) is 0 Å². The van der Waals surface area contributed by atoms with Gasteiger partial charge in [0, 0.05) is 9.13 Å². The van der Waals surface area contributed by atoms with Gasteiger partial charge in [0.1, 0.15) is 0 Å². The molecule has 1 aromatic rings. The summed E-state index contributed by atoms with van der Waals surface area (Å²) in [5.41, 5.74) is 7.92. The molecule has 0 aliphatic rings. The lowest BCUT2D eigenvalue weighted by Gasteiger charge is -2.06. The minimum Gasteiger partial charge on any atom is -0.366 e. The van der Waals surface area contributed by atoms with E-state index in [0.717, 1.165) is 14.7 Å². The quantitative estimate of drug-likeness (QED) is 0.783. The highest BCUT2D eigenvalue weighted by atomic mass is 127. The normalized spacial score (nSPS) is 9.92. The summed E-state index contributed by atoms with van der Waals surface area (Å²) in [5, 5.41) is 0. The highest BCUT2D eigenvalue weighted by Crippen LogP contribution is 2.18. The van der Waals surface area contributed by atoms with E-state index in [-0.39, 0.29) is 5.91 Å². The maximum atomic E-state index is 10.9. The monoisotopic (exact) mass is 275 g/mol. The Bertz CT molecular complexity index is 334. The van der Waals surface area contributed by atoms with E-state index in [9.17, 15) is 4.79 Å². The Kier molecular flexibility index (Phi) is 2.72. The number of hydrogen-bond donors (Lipinski definition) is 1. The van der Waals surface area contributed by atoms with Crippen molar-refractivity contribution in [3.8, 4) is 0 Å². The minimum absolute atomic E-state index is 0.355. The fourth-order valence-corrected chi connectivity index (χ4v) is 1.64. The molecule has 0 aliphatic carbocycles. The lowest BCUT2D eigenvalue weighted by atomic mass is 10.0. The maximum Gasteiger partial charge on any atom is 0.248 e. The molecule has 0 spiro atoms. The Labute approximate surface area is 85.3 Å². The van der Waals surface area contributed by atoms with Gasteiger partial charge < -0.3 is 5.73 Å². The van der Waals surface area contributed by atoms with E-state index in [1.54, 1.807) is 6.07 Å². The van der Waals surface area contributed by atoms with Crippen molar-refractivity contribution in [3.05, 3.63) is 32.4 Å². The maximum absolute atomic E-state index is 10.9. The van der Waals surface area contributed by atoms with Crippen molar-refractivity contribution in [2.75, 3.05) is 0 Å². The molecule has 12 heavy (non-hydrogen) atoms. The van der Waals surface area contributed by atoms with E-state index in [1.807, 2.05) is 19.9 Å². The fourth-order valence-electron chi connectivity index (χ4n) is 1.05. The zero-order chi connectivity index (χ0) is 9.30. The molecule has 0 aromatic heterocycles. The van der Waals surface area contributed by atoms with Crippen molar-refractivity contribution in [2.24, 2.45) is 5.73 Å². The van der Waals surface area contributed by atoms with E-state index in [1.165, 1.54) is 0 Å². The lowest BCUT2D eigenvalue weighted by Crippen LogP contribution is -2.13. The Morgan fingerprint density at radius 3 is 2.42 bits per heavy atom. The van der Waals surface area contributed by atoms with Gasteiger partial charge in [-0.15, -0.1) is 0 Å². The van der Waals surface area contributed by atoms with Crippen LogP contribution in [0.25, 0.3) is 0 Å². The van der Waals surface area contributed by atoms with E-state index in [0.29, 0.717) is 5.56 Å². The molecule has 3 heteroatoms. The van der Waals surface area contributed by atoms with Crippen LogP contribution in [0.1, 0.15) is 21.5 Å². The van der Waals surface area contributed by atoms with Gasteiger partial charge in [-0.05, 0) is 59.7 Å². The average molecular weight is 275 g/mol. The van der Waals surface area contributed by atoms with Crippen molar-refractivity contribution in [1.82, 2.24) is 0 Å². The molecule has 1 amide bonds. The highest BCUT2D eigenvalue weighted by molar-refractivity contribution is 14.1. The number of benzene rings is 1. The van der Waals surface area contributed by atoms with Gasteiger partial charge >= 0.3 is 0 Å². The second-order valence-corrected chi connectivity index (χ2v) is 3.87. The molecule has 0 heterocycles. The minimum atomic E-state index is -0.355. The van der Waals surface area contributed by atoms with Crippen LogP contribution < -0.4 is 5.73 Å². The van der Waals surface area contributed by atoms with Crippen LogP contribution in [0, 0.1) is 17.4 Å². The van der Waals surface area contributed by atoms with Gasteiger partial charge in [0.15, 0.2) is 0 Å². The standard InChI is InChI=1S/C9H10INO/c1-5-6(2)8(10)4-3-7(5)9(11)12/h3-4H,1-2H3,(H2,11,12). The number of rotatable bonds is 1. The highest BCUT2D eigenvalue weighted by Gasteiger charge is 2.07. The van der Waals surface area contributed by atoms with Crippen molar-refractivity contribution in [2.45, 2.75) is 13.8 Å². The van der Waals surface area contributed by atoms with E-state index < -0.39 is 0 Å². The third-order valence-electron chi connectivity index (χ3n) is 1.99. The Morgan fingerprint density at radius 1 is 1.33 bits per heavy atom. The fraction of sp³-hybridized carbons (Fsp3) is 0.222. The van der Waals surface area contributed by atoms with Crippen molar-refractivity contribution in [1.29, 1.82) is 0 Å². The molecule has 0 atom stereocenters. The first-order valence-electron chi connectivity index (χ1n) is 3.59. The molecule has 0 aliphatic heterocycles. The Balaban J connectivity index is 3.36. The average Bonchev–Trinajstić information content (AvgIpc) is 2.00. The summed E-state index contributed by atoms with van der Waals surface area (Å²) in [6.07, 6.45) is 0. The van der Waals surface area contributed by atoms with Crippen molar-refractivity contribution < 1.29 is 4.79 Å². The summed E-state index contributed by atoms with van der Waals surface area (Å²) in [4.78, 5) is 10.9. The Hall–Kier alpha value is -0.580. The second kappa shape index (κ2) is 3.43. The van der Waals surface area contributed by atoms with Gasteiger partial charge in [-0.1, -0.05) is 0 Å². The molecule has 2 N–H and O–H groups in total. The van der Waals surface area contributed by atoms with Crippen LogP contribution in [-0.2, 0) is 0 Å². The second-order valence-electron chi connectivity index (χ2n) is 2.71.